The quantitative estimate of drug-likeness (QED) is 0.506. The molecule has 174 valence electrons. The molecule has 0 aliphatic carbocycles. The third kappa shape index (κ3) is 4.73. The number of pyridine rings is 1. The second-order valence-corrected chi connectivity index (χ2v) is 9.40. The predicted molar refractivity (Wildman–Crippen MR) is 135 cm³/mol. The minimum atomic E-state index is -0.517. The molecule has 0 atom stereocenters. The lowest BCUT2D eigenvalue weighted by Gasteiger charge is -2.37. The number of hydrogen-bond acceptors (Lipinski definition) is 6. The largest absolute Gasteiger partial charge is 0.397 e. The average molecular weight is 467 g/mol. The number of primary amides is 1. The standard InChI is InChI=1S/C24H30N6O2S/c1-3-7-15-14-18(28-23-19(15)20(25)21(33-23)22(26)31)30-12-10-17(11-13-30)29(2)24(32)27-16-8-5-4-6-9-16/h4-6,8-9,14,17H,3,7,10-13,25H2,1-2H3,(H2,26,31)(H,27,32). The summed E-state index contributed by atoms with van der Waals surface area (Å²) in [5.41, 5.74) is 14.1. The molecule has 1 aliphatic heterocycles. The van der Waals surface area contributed by atoms with Crippen molar-refractivity contribution in [2.24, 2.45) is 5.73 Å². The highest BCUT2D eigenvalue weighted by molar-refractivity contribution is 7.21. The van der Waals surface area contributed by atoms with E-state index in [1.54, 1.807) is 4.90 Å². The minimum absolute atomic E-state index is 0.0996. The van der Waals surface area contributed by atoms with E-state index in [0.717, 1.165) is 66.1 Å². The highest BCUT2D eigenvalue weighted by Gasteiger charge is 2.27. The van der Waals surface area contributed by atoms with Gasteiger partial charge in [-0.25, -0.2) is 9.78 Å². The maximum Gasteiger partial charge on any atom is 0.321 e. The summed E-state index contributed by atoms with van der Waals surface area (Å²) < 4.78 is 0. The van der Waals surface area contributed by atoms with Gasteiger partial charge in [0.15, 0.2) is 0 Å². The third-order valence-electron chi connectivity index (χ3n) is 6.19. The number of nitrogens with zero attached hydrogens (tertiary/aromatic N) is 3. The zero-order chi connectivity index (χ0) is 23.5. The lowest BCUT2D eigenvalue weighted by molar-refractivity contribution is 0.100. The van der Waals surface area contributed by atoms with Crippen molar-refractivity contribution in [3.05, 3.63) is 46.8 Å². The number of benzene rings is 1. The molecule has 0 bridgehead atoms. The Bertz CT molecular complexity index is 1150. The lowest BCUT2D eigenvalue weighted by Crippen LogP contribution is -2.47. The Morgan fingerprint density at radius 3 is 2.58 bits per heavy atom. The number of fused-ring (bicyclic) bond motifs is 1. The monoisotopic (exact) mass is 466 g/mol. The molecular formula is C24H30N6O2S. The Balaban J connectivity index is 1.48. The molecule has 3 amide bonds. The molecule has 8 nitrogen and oxygen atoms in total. The number of carbonyl (C=O) groups is 2. The van der Waals surface area contributed by atoms with Crippen molar-refractivity contribution in [3.63, 3.8) is 0 Å². The zero-order valence-corrected chi connectivity index (χ0v) is 19.8. The van der Waals surface area contributed by atoms with Gasteiger partial charge in [-0.15, -0.1) is 11.3 Å². The Kier molecular flexibility index (Phi) is 6.69. The number of amides is 3. The van der Waals surface area contributed by atoms with Gasteiger partial charge in [0, 0.05) is 37.3 Å². The normalized spacial score (nSPS) is 14.4. The molecular weight excluding hydrogens is 436 g/mol. The molecule has 3 aromatic rings. The summed E-state index contributed by atoms with van der Waals surface area (Å²) in [6, 6.07) is 11.6. The number of anilines is 3. The number of thiophene rings is 1. The van der Waals surface area contributed by atoms with Crippen molar-refractivity contribution >= 4 is 50.7 Å². The molecule has 33 heavy (non-hydrogen) atoms. The summed E-state index contributed by atoms with van der Waals surface area (Å²) >= 11 is 1.26. The van der Waals surface area contributed by atoms with Gasteiger partial charge in [0.25, 0.3) is 5.91 Å². The highest BCUT2D eigenvalue weighted by Crippen LogP contribution is 2.37. The van der Waals surface area contributed by atoms with Gasteiger partial charge < -0.3 is 26.6 Å². The fraction of sp³-hybridized carbons (Fsp3) is 0.375. The summed E-state index contributed by atoms with van der Waals surface area (Å²) in [6.07, 6.45) is 3.51. The first kappa shape index (κ1) is 22.8. The number of aryl methyl sites for hydroxylation is 1. The van der Waals surface area contributed by atoms with Crippen LogP contribution in [0.3, 0.4) is 0 Å². The number of nitrogens with one attached hydrogen (secondary N) is 1. The summed E-state index contributed by atoms with van der Waals surface area (Å²) in [6.45, 7) is 3.70. The van der Waals surface area contributed by atoms with E-state index >= 15 is 0 Å². The number of rotatable bonds is 6. The number of piperidine rings is 1. The van der Waals surface area contributed by atoms with Gasteiger partial charge in [-0.05, 0) is 43.0 Å². The molecule has 1 saturated heterocycles. The van der Waals surface area contributed by atoms with Crippen LogP contribution in [0.15, 0.2) is 36.4 Å². The van der Waals surface area contributed by atoms with Crippen molar-refractivity contribution in [3.8, 4) is 0 Å². The number of hydrogen-bond donors (Lipinski definition) is 3. The van der Waals surface area contributed by atoms with E-state index in [9.17, 15) is 9.59 Å². The first-order chi connectivity index (χ1) is 15.9. The lowest BCUT2D eigenvalue weighted by atomic mass is 10.0. The van der Waals surface area contributed by atoms with Gasteiger partial charge in [0.2, 0.25) is 0 Å². The van der Waals surface area contributed by atoms with Crippen LogP contribution in [0.4, 0.5) is 22.0 Å². The SMILES string of the molecule is CCCc1cc(N2CCC(N(C)C(=O)Nc3ccccc3)CC2)nc2sc(C(N)=O)c(N)c12. The average Bonchev–Trinajstić information content (AvgIpc) is 3.16. The Labute approximate surface area is 197 Å². The van der Waals surface area contributed by atoms with Crippen LogP contribution in [0.2, 0.25) is 0 Å². The number of carbonyl (C=O) groups excluding carboxylic acids is 2. The number of para-hydroxylation sites is 1. The van der Waals surface area contributed by atoms with Crippen LogP contribution in [0.1, 0.15) is 41.4 Å². The van der Waals surface area contributed by atoms with Crippen LogP contribution in [0.5, 0.6) is 0 Å². The van der Waals surface area contributed by atoms with E-state index in [-0.39, 0.29) is 12.1 Å². The molecule has 0 unspecified atom stereocenters. The van der Waals surface area contributed by atoms with Crippen LogP contribution in [0, 0.1) is 0 Å². The molecule has 1 aliphatic rings. The Morgan fingerprint density at radius 2 is 1.94 bits per heavy atom. The second kappa shape index (κ2) is 9.66. The van der Waals surface area contributed by atoms with E-state index in [0.29, 0.717) is 10.6 Å². The summed E-state index contributed by atoms with van der Waals surface area (Å²) in [4.78, 5) is 34.4. The van der Waals surface area contributed by atoms with Crippen LogP contribution < -0.4 is 21.7 Å². The van der Waals surface area contributed by atoms with Gasteiger partial charge in [-0.3, -0.25) is 4.79 Å². The maximum absolute atomic E-state index is 12.7. The molecule has 3 heterocycles. The first-order valence-corrected chi connectivity index (χ1v) is 12.1. The van der Waals surface area contributed by atoms with Crippen molar-refractivity contribution < 1.29 is 9.59 Å². The molecule has 9 heteroatoms. The second-order valence-electron chi connectivity index (χ2n) is 8.40. The molecule has 1 aromatic carbocycles. The highest BCUT2D eigenvalue weighted by atomic mass is 32.1. The van der Waals surface area contributed by atoms with Crippen molar-refractivity contribution in [1.29, 1.82) is 0 Å². The molecule has 1 fully saturated rings. The molecule has 5 N–H and O–H groups in total. The fourth-order valence-corrected chi connectivity index (χ4v) is 5.37. The molecule has 4 rings (SSSR count). The van der Waals surface area contributed by atoms with Crippen molar-refractivity contribution in [1.82, 2.24) is 9.88 Å². The van der Waals surface area contributed by atoms with E-state index in [2.05, 4.69) is 23.2 Å². The summed E-state index contributed by atoms with van der Waals surface area (Å²) in [5, 5.41) is 3.81. The molecule has 0 saturated carbocycles. The van der Waals surface area contributed by atoms with Crippen molar-refractivity contribution in [2.75, 3.05) is 36.1 Å². The van der Waals surface area contributed by atoms with Gasteiger partial charge >= 0.3 is 6.03 Å². The predicted octanol–water partition coefficient (Wildman–Crippen LogP) is 4.06. The van der Waals surface area contributed by atoms with E-state index < -0.39 is 5.91 Å². The number of nitrogens with two attached hydrogens (primary N) is 2. The first-order valence-electron chi connectivity index (χ1n) is 11.2. The van der Waals surface area contributed by atoms with Gasteiger partial charge in [-0.2, -0.15) is 0 Å². The molecule has 0 spiro atoms. The molecule has 0 radical (unpaired) electrons. The van der Waals surface area contributed by atoms with Crippen LogP contribution in [-0.4, -0.2) is 48.0 Å². The van der Waals surface area contributed by atoms with Crippen molar-refractivity contribution in [2.45, 2.75) is 38.6 Å². The Morgan fingerprint density at radius 1 is 1.24 bits per heavy atom. The van der Waals surface area contributed by atoms with Crippen LogP contribution >= 0.6 is 11.3 Å². The van der Waals surface area contributed by atoms with Crippen LogP contribution in [-0.2, 0) is 6.42 Å². The summed E-state index contributed by atoms with van der Waals surface area (Å²) in [5.74, 6) is 0.371. The smallest absolute Gasteiger partial charge is 0.321 e. The maximum atomic E-state index is 12.7. The topological polar surface area (TPSA) is 118 Å². The fourth-order valence-electron chi connectivity index (χ4n) is 4.38. The summed E-state index contributed by atoms with van der Waals surface area (Å²) in [7, 11) is 1.85. The van der Waals surface area contributed by atoms with Crippen LogP contribution in [0.25, 0.3) is 10.2 Å². The minimum Gasteiger partial charge on any atom is -0.397 e. The number of aromatic nitrogens is 1. The van der Waals surface area contributed by atoms with Gasteiger partial charge in [0.05, 0.1) is 5.69 Å². The van der Waals surface area contributed by atoms with Gasteiger partial charge in [-0.1, -0.05) is 31.5 Å². The van der Waals surface area contributed by atoms with E-state index in [1.807, 2.05) is 37.4 Å². The van der Waals surface area contributed by atoms with E-state index in [4.69, 9.17) is 16.5 Å². The molecule has 2 aromatic heterocycles. The van der Waals surface area contributed by atoms with E-state index in [1.165, 1.54) is 11.3 Å². The van der Waals surface area contributed by atoms with Gasteiger partial charge in [0.1, 0.15) is 15.5 Å². The number of urea groups is 1. The third-order valence-corrected chi connectivity index (χ3v) is 7.31. The number of nitrogen functional groups attached to an aromatic ring is 1. The Hall–Kier alpha value is -3.33. The zero-order valence-electron chi connectivity index (χ0n) is 19.0.